The Hall–Kier alpha value is -3.35. The van der Waals surface area contributed by atoms with Crippen LogP contribution in [-0.4, -0.2) is 15.0 Å². The lowest BCUT2D eigenvalue weighted by Gasteiger charge is -2.04. The molecule has 0 saturated carbocycles. The van der Waals surface area contributed by atoms with E-state index in [0.717, 1.165) is 28.8 Å². The standard InChI is InChI=1S/C19H13F3N4/c20-19(21,22)14-6-7-15-16(9-14)26-18(25-15)12-3-1-11(2-4-12)13-5-8-17(23)24-10-13/h1-10H,(H2,23,24)(H,25,26). The van der Waals surface area contributed by atoms with Crippen molar-refractivity contribution in [2.45, 2.75) is 6.18 Å². The van der Waals surface area contributed by atoms with Gasteiger partial charge in [-0.15, -0.1) is 0 Å². The van der Waals surface area contributed by atoms with E-state index in [9.17, 15) is 13.2 Å². The molecule has 7 heteroatoms. The number of anilines is 1. The number of aromatic amines is 1. The maximum atomic E-state index is 12.8. The molecule has 0 spiro atoms. The van der Waals surface area contributed by atoms with E-state index in [0.29, 0.717) is 17.2 Å². The van der Waals surface area contributed by atoms with Crippen LogP contribution in [0.15, 0.2) is 60.8 Å². The number of benzene rings is 2. The summed E-state index contributed by atoms with van der Waals surface area (Å²) in [5.41, 5.74) is 8.36. The van der Waals surface area contributed by atoms with Crippen molar-refractivity contribution in [1.29, 1.82) is 0 Å². The van der Waals surface area contributed by atoms with Gasteiger partial charge in [-0.1, -0.05) is 24.3 Å². The highest BCUT2D eigenvalue weighted by Crippen LogP contribution is 2.32. The minimum absolute atomic E-state index is 0.279. The minimum Gasteiger partial charge on any atom is -0.384 e. The molecule has 0 fully saturated rings. The van der Waals surface area contributed by atoms with Gasteiger partial charge in [0.1, 0.15) is 11.6 Å². The number of alkyl halides is 3. The topological polar surface area (TPSA) is 67.6 Å². The molecule has 0 amide bonds. The smallest absolute Gasteiger partial charge is 0.384 e. The number of halogens is 3. The number of pyridine rings is 1. The summed E-state index contributed by atoms with van der Waals surface area (Å²) in [4.78, 5) is 11.4. The van der Waals surface area contributed by atoms with Gasteiger partial charge in [0, 0.05) is 17.3 Å². The highest BCUT2D eigenvalue weighted by atomic mass is 19.4. The van der Waals surface area contributed by atoms with Crippen LogP contribution in [0.1, 0.15) is 5.56 Å². The lowest BCUT2D eigenvalue weighted by atomic mass is 10.1. The lowest BCUT2D eigenvalue weighted by Crippen LogP contribution is -2.04. The third-order valence-corrected chi connectivity index (χ3v) is 4.09. The van der Waals surface area contributed by atoms with Crippen LogP contribution >= 0.6 is 0 Å². The van der Waals surface area contributed by atoms with Crippen LogP contribution in [0, 0.1) is 0 Å². The Kier molecular flexibility index (Phi) is 3.64. The number of nitrogens with one attached hydrogen (secondary N) is 1. The summed E-state index contributed by atoms with van der Waals surface area (Å²) in [6.07, 6.45) is -2.70. The fourth-order valence-electron chi connectivity index (χ4n) is 2.72. The van der Waals surface area contributed by atoms with Crippen molar-refractivity contribution in [2.75, 3.05) is 5.73 Å². The molecule has 0 saturated heterocycles. The normalized spacial score (nSPS) is 11.8. The van der Waals surface area contributed by atoms with Crippen LogP contribution in [0.25, 0.3) is 33.5 Å². The van der Waals surface area contributed by atoms with Crippen LogP contribution in [0.2, 0.25) is 0 Å². The summed E-state index contributed by atoms with van der Waals surface area (Å²) < 4.78 is 38.5. The van der Waals surface area contributed by atoms with Crippen molar-refractivity contribution in [2.24, 2.45) is 0 Å². The van der Waals surface area contributed by atoms with Gasteiger partial charge in [-0.3, -0.25) is 0 Å². The van der Waals surface area contributed by atoms with Gasteiger partial charge in [-0.2, -0.15) is 13.2 Å². The average Bonchev–Trinajstić information content (AvgIpc) is 3.05. The summed E-state index contributed by atoms with van der Waals surface area (Å²) in [6.45, 7) is 0. The molecule has 4 rings (SSSR count). The zero-order chi connectivity index (χ0) is 18.3. The molecule has 26 heavy (non-hydrogen) atoms. The number of hydrogen-bond donors (Lipinski definition) is 2. The molecule has 0 atom stereocenters. The summed E-state index contributed by atoms with van der Waals surface area (Å²) in [6, 6.07) is 14.6. The number of fused-ring (bicyclic) bond motifs is 1. The lowest BCUT2D eigenvalue weighted by molar-refractivity contribution is -0.137. The molecule has 4 aromatic rings. The average molecular weight is 354 g/mol. The third kappa shape index (κ3) is 2.99. The molecule has 130 valence electrons. The fraction of sp³-hybridized carbons (Fsp3) is 0.0526. The minimum atomic E-state index is -4.39. The van der Waals surface area contributed by atoms with Crippen molar-refractivity contribution in [1.82, 2.24) is 15.0 Å². The molecule has 2 aromatic carbocycles. The van der Waals surface area contributed by atoms with Crippen LogP contribution in [-0.2, 0) is 6.18 Å². The van der Waals surface area contributed by atoms with Gasteiger partial charge in [-0.25, -0.2) is 9.97 Å². The van der Waals surface area contributed by atoms with Crippen molar-refractivity contribution in [3.8, 4) is 22.5 Å². The predicted molar refractivity (Wildman–Crippen MR) is 94.2 cm³/mol. The van der Waals surface area contributed by atoms with Gasteiger partial charge in [0.05, 0.1) is 16.6 Å². The Labute approximate surface area is 146 Å². The highest BCUT2D eigenvalue weighted by Gasteiger charge is 2.30. The Morgan fingerprint density at radius 2 is 1.54 bits per heavy atom. The van der Waals surface area contributed by atoms with E-state index in [4.69, 9.17) is 5.73 Å². The van der Waals surface area contributed by atoms with E-state index < -0.39 is 11.7 Å². The van der Waals surface area contributed by atoms with Crippen molar-refractivity contribution < 1.29 is 13.2 Å². The number of nitrogen functional groups attached to an aromatic ring is 1. The number of H-pyrrole nitrogens is 1. The fourth-order valence-corrected chi connectivity index (χ4v) is 2.72. The first kappa shape index (κ1) is 16.1. The maximum Gasteiger partial charge on any atom is 0.416 e. The zero-order valence-electron chi connectivity index (χ0n) is 13.4. The Bertz CT molecular complexity index is 1060. The molecule has 0 aliphatic heterocycles. The van der Waals surface area contributed by atoms with Crippen LogP contribution < -0.4 is 5.73 Å². The molecule has 0 aliphatic carbocycles. The van der Waals surface area contributed by atoms with Crippen LogP contribution in [0.4, 0.5) is 19.0 Å². The van der Waals surface area contributed by atoms with E-state index in [1.54, 1.807) is 12.3 Å². The second kappa shape index (κ2) is 5.87. The number of nitrogens with zero attached hydrogens (tertiary/aromatic N) is 2. The molecule has 2 heterocycles. The summed E-state index contributed by atoms with van der Waals surface area (Å²) in [7, 11) is 0. The molecule has 2 aromatic heterocycles. The maximum absolute atomic E-state index is 12.8. The van der Waals surface area contributed by atoms with Crippen molar-refractivity contribution >= 4 is 16.9 Å². The summed E-state index contributed by atoms with van der Waals surface area (Å²) in [5.74, 6) is 0.965. The van der Waals surface area contributed by atoms with E-state index in [1.807, 2.05) is 30.3 Å². The Balaban J connectivity index is 1.68. The number of aromatic nitrogens is 3. The van der Waals surface area contributed by atoms with Gasteiger partial charge >= 0.3 is 6.18 Å². The van der Waals surface area contributed by atoms with E-state index in [1.165, 1.54) is 6.07 Å². The molecule has 0 bridgehead atoms. The predicted octanol–water partition coefficient (Wildman–Crippen LogP) is 4.89. The molecule has 0 unspecified atom stereocenters. The third-order valence-electron chi connectivity index (χ3n) is 4.09. The largest absolute Gasteiger partial charge is 0.416 e. The van der Waals surface area contributed by atoms with Gasteiger partial charge in [0.15, 0.2) is 0 Å². The van der Waals surface area contributed by atoms with E-state index in [2.05, 4.69) is 15.0 Å². The quantitative estimate of drug-likeness (QED) is 0.538. The number of rotatable bonds is 2. The Morgan fingerprint density at radius 1 is 0.846 bits per heavy atom. The molecule has 0 aliphatic rings. The van der Waals surface area contributed by atoms with Crippen LogP contribution in [0.5, 0.6) is 0 Å². The second-order valence-electron chi connectivity index (χ2n) is 5.86. The number of imidazole rings is 1. The Morgan fingerprint density at radius 3 is 2.19 bits per heavy atom. The molecular weight excluding hydrogens is 341 g/mol. The van der Waals surface area contributed by atoms with E-state index in [-0.39, 0.29) is 5.52 Å². The van der Waals surface area contributed by atoms with Gasteiger partial charge in [-0.05, 0) is 35.9 Å². The van der Waals surface area contributed by atoms with E-state index >= 15 is 0 Å². The number of hydrogen-bond acceptors (Lipinski definition) is 3. The SMILES string of the molecule is Nc1ccc(-c2ccc(-c3nc4cc(C(F)(F)F)ccc4[nH]3)cc2)cn1. The van der Waals surface area contributed by atoms with Gasteiger partial charge in [0.25, 0.3) is 0 Å². The first-order chi connectivity index (χ1) is 12.4. The summed E-state index contributed by atoms with van der Waals surface area (Å²) in [5, 5.41) is 0. The monoisotopic (exact) mass is 354 g/mol. The van der Waals surface area contributed by atoms with Gasteiger partial charge < -0.3 is 10.7 Å². The summed E-state index contributed by atoms with van der Waals surface area (Å²) >= 11 is 0. The first-order valence-corrected chi connectivity index (χ1v) is 7.79. The van der Waals surface area contributed by atoms with Crippen molar-refractivity contribution in [3.05, 3.63) is 66.4 Å². The van der Waals surface area contributed by atoms with Gasteiger partial charge in [0.2, 0.25) is 0 Å². The highest BCUT2D eigenvalue weighted by molar-refractivity contribution is 5.80. The zero-order valence-corrected chi connectivity index (χ0v) is 13.4. The molecule has 3 N–H and O–H groups in total. The second-order valence-corrected chi connectivity index (χ2v) is 5.86. The molecule has 0 radical (unpaired) electrons. The molecule has 4 nitrogen and oxygen atoms in total. The number of nitrogens with two attached hydrogens (primary N) is 1. The first-order valence-electron chi connectivity index (χ1n) is 7.79. The molecular formula is C19H13F3N4. The van der Waals surface area contributed by atoms with Crippen LogP contribution in [0.3, 0.4) is 0 Å². The van der Waals surface area contributed by atoms with Crippen molar-refractivity contribution in [3.63, 3.8) is 0 Å².